The number of aryl methyl sites for hydroxylation is 1. The second-order valence-electron chi connectivity index (χ2n) is 5.03. The number of alkyl halides is 3. The van der Waals surface area contributed by atoms with E-state index in [0.717, 1.165) is 18.0 Å². The van der Waals surface area contributed by atoms with Crippen molar-refractivity contribution in [3.05, 3.63) is 50.7 Å². The summed E-state index contributed by atoms with van der Waals surface area (Å²) in [7, 11) is 0. The minimum Gasteiger partial charge on any atom is -0.370 e. The smallest absolute Gasteiger partial charge is 0.370 e. The topological polar surface area (TPSA) is 67.9 Å². The van der Waals surface area contributed by atoms with Gasteiger partial charge in [0.2, 0.25) is 0 Å². The Morgan fingerprint density at radius 2 is 2.17 bits per heavy atom. The van der Waals surface area contributed by atoms with E-state index in [4.69, 9.17) is 4.74 Å². The van der Waals surface area contributed by atoms with E-state index in [9.17, 15) is 18.0 Å². The van der Waals surface area contributed by atoms with Crippen molar-refractivity contribution in [2.45, 2.75) is 37.2 Å². The predicted molar refractivity (Wildman–Crippen MR) is 76.9 cm³/mol. The molecule has 2 aromatic heterocycles. The van der Waals surface area contributed by atoms with E-state index in [1.807, 2.05) is 0 Å². The standard InChI is InChI=1S/C14H12F3N3O2S/c1-7-2-3-18-11(14(15,16)17)9(7)6-23-13-19-10-5-22-4-8(10)12(21)20-13/h2-3H,4-6H2,1H3,(H,19,20,21). The molecule has 3 rings (SSSR count). The highest BCUT2D eigenvalue weighted by Crippen LogP contribution is 2.34. The fraction of sp³-hybridized carbons (Fsp3) is 0.357. The van der Waals surface area contributed by atoms with Crippen LogP contribution in [-0.4, -0.2) is 15.0 Å². The summed E-state index contributed by atoms with van der Waals surface area (Å²) in [6.07, 6.45) is -3.38. The van der Waals surface area contributed by atoms with Gasteiger partial charge in [0, 0.05) is 11.9 Å². The van der Waals surface area contributed by atoms with Gasteiger partial charge in [0.15, 0.2) is 5.16 Å². The predicted octanol–water partition coefficient (Wildman–Crippen LogP) is 2.81. The first-order valence-corrected chi connectivity index (χ1v) is 7.69. The number of thioether (sulfide) groups is 1. The van der Waals surface area contributed by atoms with E-state index >= 15 is 0 Å². The van der Waals surface area contributed by atoms with Gasteiger partial charge < -0.3 is 9.72 Å². The minimum atomic E-state index is -4.52. The van der Waals surface area contributed by atoms with Gasteiger partial charge in [-0.1, -0.05) is 11.8 Å². The summed E-state index contributed by atoms with van der Waals surface area (Å²) in [6, 6.07) is 1.53. The van der Waals surface area contributed by atoms with Gasteiger partial charge in [-0.25, -0.2) is 4.98 Å². The van der Waals surface area contributed by atoms with Crippen molar-refractivity contribution in [1.82, 2.24) is 15.0 Å². The second-order valence-corrected chi connectivity index (χ2v) is 5.99. The molecule has 0 fully saturated rings. The van der Waals surface area contributed by atoms with Crippen molar-refractivity contribution >= 4 is 11.8 Å². The third-order valence-corrected chi connectivity index (χ3v) is 4.38. The molecule has 0 radical (unpaired) electrons. The SMILES string of the molecule is Cc1ccnc(C(F)(F)F)c1CSc1nc2c(c(=O)[nH]1)COC2. The Morgan fingerprint density at radius 3 is 2.91 bits per heavy atom. The molecule has 0 aliphatic carbocycles. The highest BCUT2D eigenvalue weighted by molar-refractivity contribution is 7.98. The quantitative estimate of drug-likeness (QED) is 0.686. The lowest BCUT2D eigenvalue weighted by molar-refractivity contribution is -0.141. The van der Waals surface area contributed by atoms with Gasteiger partial charge >= 0.3 is 6.18 Å². The lowest BCUT2D eigenvalue weighted by Gasteiger charge is -2.13. The van der Waals surface area contributed by atoms with E-state index in [0.29, 0.717) is 16.8 Å². The Labute approximate surface area is 133 Å². The molecule has 0 atom stereocenters. The number of hydrogen-bond donors (Lipinski definition) is 1. The van der Waals surface area contributed by atoms with Crippen LogP contribution in [0, 0.1) is 6.92 Å². The molecule has 0 aromatic carbocycles. The Morgan fingerprint density at radius 1 is 1.39 bits per heavy atom. The van der Waals surface area contributed by atoms with Crippen molar-refractivity contribution < 1.29 is 17.9 Å². The average molecular weight is 343 g/mol. The highest BCUT2D eigenvalue weighted by atomic mass is 32.2. The first kappa shape index (κ1) is 16.0. The summed E-state index contributed by atoms with van der Waals surface area (Å²) in [5.74, 6) is 0.0110. The van der Waals surface area contributed by atoms with Crippen LogP contribution in [0.3, 0.4) is 0 Å². The highest BCUT2D eigenvalue weighted by Gasteiger charge is 2.35. The maximum Gasteiger partial charge on any atom is 0.433 e. The van der Waals surface area contributed by atoms with Crippen LogP contribution in [0.4, 0.5) is 13.2 Å². The van der Waals surface area contributed by atoms with E-state index in [-0.39, 0.29) is 35.2 Å². The molecule has 122 valence electrons. The molecule has 5 nitrogen and oxygen atoms in total. The maximum absolute atomic E-state index is 13.0. The molecule has 0 saturated heterocycles. The molecule has 0 saturated carbocycles. The zero-order valence-electron chi connectivity index (χ0n) is 12.0. The number of H-pyrrole nitrogens is 1. The van der Waals surface area contributed by atoms with E-state index < -0.39 is 11.9 Å². The molecule has 9 heteroatoms. The molecule has 1 aliphatic heterocycles. The fourth-order valence-electron chi connectivity index (χ4n) is 2.26. The zero-order chi connectivity index (χ0) is 16.6. The zero-order valence-corrected chi connectivity index (χ0v) is 12.8. The largest absolute Gasteiger partial charge is 0.433 e. The third kappa shape index (κ3) is 3.25. The van der Waals surface area contributed by atoms with Gasteiger partial charge in [0.25, 0.3) is 5.56 Å². The fourth-order valence-corrected chi connectivity index (χ4v) is 3.25. The van der Waals surface area contributed by atoms with Crippen LogP contribution in [0.2, 0.25) is 0 Å². The minimum absolute atomic E-state index is 0.0110. The second kappa shape index (κ2) is 5.97. The van der Waals surface area contributed by atoms with Crippen LogP contribution in [0.25, 0.3) is 0 Å². The Balaban J connectivity index is 1.87. The molecule has 2 aromatic rings. The van der Waals surface area contributed by atoms with Crippen molar-refractivity contribution in [3.63, 3.8) is 0 Å². The summed E-state index contributed by atoms with van der Waals surface area (Å²) < 4.78 is 44.3. The van der Waals surface area contributed by atoms with Crippen molar-refractivity contribution in [1.29, 1.82) is 0 Å². The summed E-state index contributed by atoms with van der Waals surface area (Å²) >= 11 is 1.04. The first-order valence-electron chi connectivity index (χ1n) is 6.70. The number of hydrogen-bond acceptors (Lipinski definition) is 5. The van der Waals surface area contributed by atoms with Crippen LogP contribution in [0.5, 0.6) is 0 Å². The number of halogens is 3. The number of nitrogens with zero attached hydrogens (tertiary/aromatic N) is 2. The number of aromatic amines is 1. The van der Waals surface area contributed by atoms with Gasteiger partial charge in [-0.2, -0.15) is 13.2 Å². The summed E-state index contributed by atoms with van der Waals surface area (Å²) in [5, 5.41) is 0.274. The summed E-state index contributed by atoms with van der Waals surface area (Å²) in [6.45, 7) is 2.05. The summed E-state index contributed by atoms with van der Waals surface area (Å²) in [5.41, 5.74) is 0.375. The van der Waals surface area contributed by atoms with Crippen LogP contribution < -0.4 is 5.56 Å². The van der Waals surface area contributed by atoms with Gasteiger partial charge in [-0.05, 0) is 24.1 Å². The average Bonchev–Trinajstić information content (AvgIpc) is 2.93. The van der Waals surface area contributed by atoms with Crippen LogP contribution in [0.1, 0.15) is 28.1 Å². The normalized spacial score (nSPS) is 14.1. The first-order chi connectivity index (χ1) is 10.9. The number of fused-ring (bicyclic) bond motifs is 1. The number of nitrogens with one attached hydrogen (secondary N) is 1. The lowest BCUT2D eigenvalue weighted by Crippen LogP contribution is -2.15. The molecular formula is C14H12F3N3O2S. The van der Waals surface area contributed by atoms with Gasteiger partial charge in [-0.15, -0.1) is 0 Å². The molecular weight excluding hydrogens is 331 g/mol. The van der Waals surface area contributed by atoms with E-state index in [2.05, 4.69) is 15.0 Å². The molecule has 0 spiro atoms. The molecule has 0 amide bonds. The molecule has 0 unspecified atom stereocenters. The molecule has 1 aliphatic rings. The maximum atomic E-state index is 13.0. The number of aromatic nitrogens is 3. The molecule has 23 heavy (non-hydrogen) atoms. The number of rotatable bonds is 3. The Bertz CT molecular complexity index is 805. The lowest BCUT2D eigenvalue weighted by atomic mass is 10.1. The number of pyridine rings is 1. The van der Waals surface area contributed by atoms with E-state index in [1.54, 1.807) is 6.92 Å². The third-order valence-electron chi connectivity index (χ3n) is 3.48. The van der Waals surface area contributed by atoms with Crippen molar-refractivity contribution in [2.24, 2.45) is 0 Å². The monoisotopic (exact) mass is 343 g/mol. The van der Waals surface area contributed by atoms with Gasteiger partial charge in [0.05, 0.1) is 24.5 Å². The molecule has 3 heterocycles. The van der Waals surface area contributed by atoms with Gasteiger partial charge in [0.1, 0.15) is 5.69 Å². The summed E-state index contributed by atoms with van der Waals surface area (Å²) in [4.78, 5) is 22.1. The van der Waals surface area contributed by atoms with Crippen LogP contribution in [0.15, 0.2) is 22.2 Å². The van der Waals surface area contributed by atoms with Gasteiger partial charge in [-0.3, -0.25) is 9.78 Å². The Hall–Kier alpha value is -1.87. The molecule has 0 bridgehead atoms. The van der Waals surface area contributed by atoms with Crippen molar-refractivity contribution in [2.75, 3.05) is 0 Å². The van der Waals surface area contributed by atoms with Crippen molar-refractivity contribution in [3.8, 4) is 0 Å². The van der Waals surface area contributed by atoms with Crippen LogP contribution >= 0.6 is 11.8 Å². The van der Waals surface area contributed by atoms with Crippen LogP contribution in [-0.2, 0) is 29.9 Å². The Kier molecular flexibility index (Phi) is 4.15. The molecule has 1 N–H and O–H groups in total. The van der Waals surface area contributed by atoms with E-state index in [1.165, 1.54) is 6.07 Å². The number of ether oxygens (including phenoxy) is 1.